The SMILES string of the molecule is CC(C)(C)OC(=O)COCC1(COCC2(COCC3(CO)COC4(CCCCC4)OC3)COC3(CCCCC3)OC2)COC2(CCCCC2)OC1. The molecule has 0 radical (unpaired) electrons. The molecule has 6 aliphatic rings. The molecule has 51 heavy (non-hydrogen) atoms. The highest BCUT2D eigenvalue weighted by Gasteiger charge is 2.50. The van der Waals surface area contributed by atoms with Crippen LogP contribution in [0.4, 0.5) is 0 Å². The van der Waals surface area contributed by atoms with Gasteiger partial charge in [-0.3, -0.25) is 0 Å². The molecule has 1 N–H and O–H groups in total. The Morgan fingerprint density at radius 1 is 0.510 bits per heavy atom. The first-order chi connectivity index (χ1) is 24.4. The minimum Gasteiger partial charge on any atom is -0.458 e. The predicted octanol–water partition coefficient (Wildman–Crippen LogP) is 5.45. The zero-order valence-electron chi connectivity index (χ0n) is 31.7. The van der Waals surface area contributed by atoms with Crippen molar-refractivity contribution < 1.29 is 57.3 Å². The van der Waals surface area contributed by atoms with E-state index in [-0.39, 0.29) is 19.8 Å². The maximum atomic E-state index is 12.5. The van der Waals surface area contributed by atoms with Gasteiger partial charge in [-0.1, -0.05) is 19.3 Å². The van der Waals surface area contributed by atoms with E-state index >= 15 is 0 Å². The van der Waals surface area contributed by atoms with Gasteiger partial charge in [0, 0.05) is 38.5 Å². The highest BCUT2D eigenvalue weighted by atomic mass is 16.7. The van der Waals surface area contributed by atoms with Gasteiger partial charge in [-0.15, -0.1) is 0 Å². The highest BCUT2D eigenvalue weighted by molar-refractivity contribution is 5.71. The minimum atomic E-state index is -0.632. The van der Waals surface area contributed by atoms with E-state index in [0.29, 0.717) is 66.1 Å². The number of aliphatic hydroxyl groups excluding tert-OH is 1. The molecule has 0 aromatic carbocycles. The summed E-state index contributed by atoms with van der Waals surface area (Å²) in [7, 11) is 0. The van der Waals surface area contributed by atoms with Crippen molar-refractivity contribution in [1.82, 2.24) is 0 Å². The van der Waals surface area contributed by atoms with Gasteiger partial charge in [0.1, 0.15) is 12.2 Å². The number of rotatable bonds is 13. The number of aliphatic hydroxyl groups is 1. The quantitative estimate of drug-likeness (QED) is 0.242. The summed E-state index contributed by atoms with van der Waals surface area (Å²) in [5.41, 5.74) is -2.40. The second kappa shape index (κ2) is 16.8. The lowest BCUT2D eigenvalue weighted by molar-refractivity contribution is -0.338. The Morgan fingerprint density at radius 3 is 1.16 bits per heavy atom. The number of carbonyl (C=O) groups is 1. The molecular formula is C39H66O12. The molecule has 0 aromatic rings. The van der Waals surface area contributed by atoms with Crippen LogP contribution in [-0.2, 0) is 52.2 Å². The highest BCUT2D eigenvalue weighted by Crippen LogP contribution is 2.43. The van der Waals surface area contributed by atoms with Gasteiger partial charge in [0.2, 0.25) is 0 Å². The predicted molar refractivity (Wildman–Crippen MR) is 186 cm³/mol. The monoisotopic (exact) mass is 726 g/mol. The third kappa shape index (κ3) is 10.4. The Balaban J connectivity index is 1.08. The summed E-state index contributed by atoms with van der Waals surface area (Å²) in [4.78, 5) is 12.5. The first-order valence-corrected chi connectivity index (χ1v) is 19.8. The lowest BCUT2D eigenvalue weighted by Gasteiger charge is -2.49. The van der Waals surface area contributed by atoms with Crippen molar-refractivity contribution >= 4 is 5.97 Å². The summed E-state index contributed by atoms with van der Waals surface area (Å²) in [6, 6.07) is 0. The minimum absolute atomic E-state index is 0.0873. The fourth-order valence-electron chi connectivity index (χ4n) is 8.42. The van der Waals surface area contributed by atoms with E-state index in [1.165, 1.54) is 19.3 Å². The van der Waals surface area contributed by atoms with E-state index < -0.39 is 45.2 Å². The molecule has 12 heteroatoms. The Morgan fingerprint density at radius 2 is 0.824 bits per heavy atom. The normalized spacial score (nSPS) is 31.8. The number of hydrogen-bond donors (Lipinski definition) is 1. The van der Waals surface area contributed by atoms with Gasteiger partial charge in [-0.25, -0.2) is 4.79 Å². The molecule has 3 aliphatic carbocycles. The standard InChI is InChI=1S/C39H66O12/c1-33(2,3)51-32(41)19-42-22-35(28-47-38(48-29-35)15-9-5-10-16-38)23-44-25-36(30-49-39(50-31-36)17-11-6-12-18-39)24-43-21-34(20-40)26-45-37(46-27-34)13-7-4-8-14-37/h40H,4-31H2,1-3H3. The number of hydrogen-bond acceptors (Lipinski definition) is 12. The summed E-state index contributed by atoms with van der Waals surface area (Å²) in [5, 5.41) is 10.5. The molecule has 3 spiro atoms. The molecule has 0 amide bonds. The maximum Gasteiger partial charge on any atom is 0.332 e. The molecular weight excluding hydrogens is 660 g/mol. The van der Waals surface area contributed by atoms with Gasteiger partial charge < -0.3 is 52.5 Å². The van der Waals surface area contributed by atoms with Gasteiger partial charge in [0.05, 0.1) is 95.5 Å². The van der Waals surface area contributed by atoms with Crippen LogP contribution in [-0.4, -0.2) is 120 Å². The first kappa shape index (κ1) is 39.8. The molecule has 0 aromatic heterocycles. The van der Waals surface area contributed by atoms with E-state index in [1.807, 2.05) is 20.8 Å². The second-order valence-electron chi connectivity index (χ2n) is 17.9. The molecule has 3 saturated heterocycles. The maximum absolute atomic E-state index is 12.5. The van der Waals surface area contributed by atoms with Crippen molar-refractivity contribution in [2.45, 2.75) is 140 Å². The van der Waals surface area contributed by atoms with Crippen LogP contribution in [0.5, 0.6) is 0 Å². The van der Waals surface area contributed by atoms with E-state index in [4.69, 9.17) is 47.4 Å². The van der Waals surface area contributed by atoms with Gasteiger partial charge >= 0.3 is 5.97 Å². The molecule has 12 nitrogen and oxygen atoms in total. The van der Waals surface area contributed by atoms with E-state index in [2.05, 4.69) is 0 Å². The van der Waals surface area contributed by atoms with Crippen LogP contribution >= 0.6 is 0 Å². The van der Waals surface area contributed by atoms with Crippen molar-refractivity contribution in [3.05, 3.63) is 0 Å². The molecule has 6 rings (SSSR count). The Hall–Kier alpha value is -0.930. The van der Waals surface area contributed by atoms with Crippen molar-refractivity contribution in [1.29, 1.82) is 0 Å². The van der Waals surface area contributed by atoms with Crippen molar-refractivity contribution in [3.63, 3.8) is 0 Å². The molecule has 3 aliphatic heterocycles. The average molecular weight is 727 g/mol. The Bertz CT molecular complexity index is 1070. The third-order valence-electron chi connectivity index (χ3n) is 11.7. The van der Waals surface area contributed by atoms with Gasteiger partial charge in [-0.2, -0.15) is 0 Å². The van der Waals surface area contributed by atoms with Crippen molar-refractivity contribution in [2.75, 3.05) is 85.9 Å². The molecule has 6 fully saturated rings. The smallest absolute Gasteiger partial charge is 0.332 e. The van der Waals surface area contributed by atoms with Crippen LogP contribution in [0.2, 0.25) is 0 Å². The van der Waals surface area contributed by atoms with Crippen LogP contribution in [0, 0.1) is 16.2 Å². The Kier molecular flexibility index (Phi) is 13.1. The van der Waals surface area contributed by atoms with E-state index in [0.717, 1.165) is 77.0 Å². The fourth-order valence-corrected chi connectivity index (χ4v) is 8.42. The lowest BCUT2D eigenvalue weighted by Crippen LogP contribution is -2.57. The summed E-state index contributed by atoms with van der Waals surface area (Å²) in [5.74, 6) is -2.01. The molecule has 0 bridgehead atoms. The third-order valence-corrected chi connectivity index (χ3v) is 11.7. The molecule has 3 saturated carbocycles. The zero-order valence-corrected chi connectivity index (χ0v) is 31.7. The number of carbonyl (C=O) groups excluding carboxylic acids is 1. The topological polar surface area (TPSA) is 130 Å². The van der Waals surface area contributed by atoms with Crippen LogP contribution in [0.15, 0.2) is 0 Å². The van der Waals surface area contributed by atoms with Crippen molar-refractivity contribution in [2.24, 2.45) is 16.2 Å². The summed E-state index contributed by atoms with van der Waals surface area (Å²) in [6.45, 7) is 9.23. The van der Waals surface area contributed by atoms with Crippen LogP contribution in [0.1, 0.15) is 117 Å². The molecule has 3 heterocycles. The van der Waals surface area contributed by atoms with Gasteiger partial charge in [-0.05, 0) is 59.3 Å². The van der Waals surface area contributed by atoms with E-state index in [1.54, 1.807) is 0 Å². The lowest BCUT2D eigenvalue weighted by atomic mass is 9.86. The van der Waals surface area contributed by atoms with Gasteiger partial charge in [0.15, 0.2) is 17.4 Å². The largest absolute Gasteiger partial charge is 0.458 e. The molecule has 294 valence electrons. The van der Waals surface area contributed by atoms with Crippen molar-refractivity contribution in [3.8, 4) is 0 Å². The summed E-state index contributed by atoms with van der Waals surface area (Å²) in [6.07, 6.45) is 15.5. The van der Waals surface area contributed by atoms with E-state index in [9.17, 15) is 9.90 Å². The fraction of sp³-hybridized carbons (Fsp3) is 0.974. The average Bonchev–Trinajstić information content (AvgIpc) is 3.13. The number of esters is 1. The second-order valence-corrected chi connectivity index (χ2v) is 17.9. The molecule has 0 unspecified atom stereocenters. The van der Waals surface area contributed by atoms with Crippen LogP contribution < -0.4 is 0 Å². The Labute approximate surface area is 305 Å². The summed E-state index contributed by atoms with van der Waals surface area (Å²) < 4.78 is 63.2. The van der Waals surface area contributed by atoms with Crippen LogP contribution in [0.3, 0.4) is 0 Å². The summed E-state index contributed by atoms with van der Waals surface area (Å²) >= 11 is 0. The van der Waals surface area contributed by atoms with Crippen LogP contribution in [0.25, 0.3) is 0 Å². The van der Waals surface area contributed by atoms with Gasteiger partial charge in [0.25, 0.3) is 0 Å². The number of ether oxygens (including phenoxy) is 10. The first-order valence-electron chi connectivity index (χ1n) is 19.8. The molecule has 0 atom stereocenters. The zero-order chi connectivity index (χ0) is 35.9.